The minimum absolute atomic E-state index is 0.119. The number of carbonyl (C=O) groups is 2. The molecule has 2 rings (SSSR count). The molecule has 0 aliphatic heterocycles. The van der Waals surface area contributed by atoms with Crippen molar-refractivity contribution >= 4 is 11.9 Å². The van der Waals surface area contributed by atoms with E-state index in [2.05, 4.69) is 10.3 Å². The summed E-state index contributed by atoms with van der Waals surface area (Å²) in [6.07, 6.45) is 0.726. The Bertz CT molecular complexity index is 776. The fraction of sp³-hybridized carbons (Fsp3) is 0.400. The molecule has 0 saturated carbocycles. The molecule has 6 heteroatoms. The van der Waals surface area contributed by atoms with Crippen LogP contribution in [0.4, 0.5) is 0 Å². The molecule has 0 fully saturated rings. The average Bonchev–Trinajstić information content (AvgIpc) is 2.96. The van der Waals surface area contributed by atoms with E-state index in [1.54, 1.807) is 6.92 Å². The van der Waals surface area contributed by atoms with Crippen LogP contribution < -0.4 is 10.1 Å². The number of aromatic nitrogens is 1. The summed E-state index contributed by atoms with van der Waals surface area (Å²) < 4.78 is 10.4. The van der Waals surface area contributed by atoms with Gasteiger partial charge >= 0.3 is 5.97 Å². The Morgan fingerprint density at radius 3 is 2.38 bits per heavy atom. The maximum absolute atomic E-state index is 12.5. The molecule has 1 aromatic carbocycles. The minimum atomic E-state index is -0.435. The fourth-order valence-corrected chi connectivity index (χ4v) is 2.76. The maximum atomic E-state index is 12.5. The summed E-state index contributed by atoms with van der Waals surface area (Å²) in [5, 5.41) is 2.87. The topological polar surface area (TPSA) is 80.4 Å². The molecule has 0 aliphatic carbocycles. The molecule has 0 spiro atoms. The van der Waals surface area contributed by atoms with Gasteiger partial charge in [0.25, 0.3) is 5.91 Å². The Kier molecular flexibility index (Phi) is 6.44. The lowest BCUT2D eigenvalue weighted by Crippen LogP contribution is -2.24. The van der Waals surface area contributed by atoms with Crippen LogP contribution in [-0.2, 0) is 17.7 Å². The molecular weight excluding hydrogens is 332 g/mol. The first-order valence-electron chi connectivity index (χ1n) is 8.70. The van der Waals surface area contributed by atoms with Gasteiger partial charge in [0.15, 0.2) is 0 Å². The van der Waals surface area contributed by atoms with E-state index in [0.717, 1.165) is 11.3 Å². The lowest BCUT2D eigenvalue weighted by molar-refractivity contribution is 0.0599. The molecule has 1 amide bonds. The van der Waals surface area contributed by atoms with Crippen LogP contribution in [0, 0.1) is 6.92 Å². The quantitative estimate of drug-likeness (QED) is 0.744. The summed E-state index contributed by atoms with van der Waals surface area (Å²) in [6, 6.07) is 7.59. The summed E-state index contributed by atoms with van der Waals surface area (Å²) >= 11 is 0. The smallest absolute Gasteiger partial charge is 0.339 e. The van der Waals surface area contributed by atoms with Crippen molar-refractivity contribution in [2.75, 3.05) is 7.11 Å². The van der Waals surface area contributed by atoms with E-state index in [1.165, 1.54) is 7.11 Å². The number of aromatic amines is 1. The van der Waals surface area contributed by atoms with Crippen LogP contribution in [-0.4, -0.2) is 30.1 Å². The zero-order chi connectivity index (χ0) is 19.3. The molecule has 2 aromatic rings. The summed E-state index contributed by atoms with van der Waals surface area (Å²) in [5.41, 5.74) is 3.10. The lowest BCUT2D eigenvalue weighted by Gasteiger charge is -2.10. The van der Waals surface area contributed by atoms with Gasteiger partial charge in [-0.15, -0.1) is 0 Å². The number of hydrogen-bond donors (Lipinski definition) is 2. The first-order chi connectivity index (χ1) is 12.4. The van der Waals surface area contributed by atoms with Crippen LogP contribution in [0.3, 0.4) is 0 Å². The monoisotopic (exact) mass is 358 g/mol. The summed E-state index contributed by atoms with van der Waals surface area (Å²) in [6.45, 7) is 7.99. The van der Waals surface area contributed by atoms with Crippen molar-refractivity contribution < 1.29 is 19.1 Å². The number of nitrogens with one attached hydrogen (secondary N) is 2. The third-order valence-electron chi connectivity index (χ3n) is 4.05. The molecule has 0 atom stereocenters. The molecule has 1 aromatic heterocycles. The molecule has 26 heavy (non-hydrogen) atoms. The van der Waals surface area contributed by atoms with Gasteiger partial charge in [0.1, 0.15) is 11.4 Å². The zero-order valence-electron chi connectivity index (χ0n) is 15.9. The highest BCUT2D eigenvalue weighted by atomic mass is 16.5. The molecule has 140 valence electrons. The van der Waals surface area contributed by atoms with Gasteiger partial charge < -0.3 is 19.8 Å². The Labute approximate surface area is 153 Å². The van der Waals surface area contributed by atoms with E-state index in [0.29, 0.717) is 35.5 Å². The summed E-state index contributed by atoms with van der Waals surface area (Å²) in [4.78, 5) is 27.5. The zero-order valence-corrected chi connectivity index (χ0v) is 15.9. The Morgan fingerprint density at radius 2 is 1.85 bits per heavy atom. The maximum Gasteiger partial charge on any atom is 0.339 e. The van der Waals surface area contributed by atoms with Crippen molar-refractivity contribution in [3.8, 4) is 5.75 Å². The van der Waals surface area contributed by atoms with E-state index in [1.807, 2.05) is 45.0 Å². The van der Waals surface area contributed by atoms with Gasteiger partial charge in [-0.25, -0.2) is 4.79 Å². The van der Waals surface area contributed by atoms with Crippen LogP contribution in [0.1, 0.15) is 58.4 Å². The van der Waals surface area contributed by atoms with Crippen LogP contribution in [0.2, 0.25) is 0 Å². The van der Waals surface area contributed by atoms with E-state index in [4.69, 9.17) is 9.47 Å². The van der Waals surface area contributed by atoms with Crippen molar-refractivity contribution in [1.29, 1.82) is 0 Å². The molecule has 6 nitrogen and oxygen atoms in total. The highest BCUT2D eigenvalue weighted by Gasteiger charge is 2.23. The SMILES string of the molecule is CCc1[nH]c(C(=O)NCc2ccc(OC(C)C)cc2)c(C)c1C(=O)OC. The Balaban J connectivity index is 2.08. The lowest BCUT2D eigenvalue weighted by atomic mass is 10.1. The van der Waals surface area contributed by atoms with Gasteiger partial charge in [0, 0.05) is 12.2 Å². The van der Waals surface area contributed by atoms with Gasteiger partial charge in [-0.05, 0) is 50.5 Å². The Hall–Kier alpha value is -2.76. The molecular formula is C20H26N2O4. The first-order valence-corrected chi connectivity index (χ1v) is 8.70. The third kappa shape index (κ3) is 4.45. The van der Waals surface area contributed by atoms with Crippen LogP contribution >= 0.6 is 0 Å². The second-order valence-electron chi connectivity index (χ2n) is 6.32. The van der Waals surface area contributed by atoms with Crippen LogP contribution in [0.25, 0.3) is 0 Å². The van der Waals surface area contributed by atoms with Crippen molar-refractivity contribution in [3.63, 3.8) is 0 Å². The number of ether oxygens (including phenoxy) is 2. The Morgan fingerprint density at radius 1 is 1.19 bits per heavy atom. The summed E-state index contributed by atoms with van der Waals surface area (Å²) in [5.74, 6) is 0.107. The second-order valence-corrected chi connectivity index (χ2v) is 6.32. The number of esters is 1. The van der Waals surface area contributed by atoms with Crippen LogP contribution in [0.5, 0.6) is 5.75 Å². The van der Waals surface area contributed by atoms with Gasteiger partial charge in [0.05, 0.1) is 18.8 Å². The van der Waals surface area contributed by atoms with Gasteiger partial charge in [-0.1, -0.05) is 19.1 Å². The number of carbonyl (C=O) groups excluding carboxylic acids is 2. The number of rotatable bonds is 7. The first kappa shape index (κ1) is 19.6. The van der Waals surface area contributed by atoms with Crippen molar-refractivity contribution in [3.05, 3.63) is 52.3 Å². The molecule has 0 bridgehead atoms. The third-order valence-corrected chi connectivity index (χ3v) is 4.05. The standard InChI is InChI=1S/C20H26N2O4/c1-6-16-17(20(24)25-5)13(4)18(22-16)19(23)21-11-14-7-9-15(10-8-14)26-12(2)3/h7-10,12,22H,6,11H2,1-5H3,(H,21,23). The molecule has 1 heterocycles. The van der Waals surface area contributed by atoms with E-state index in [9.17, 15) is 9.59 Å². The number of methoxy groups -OCH3 is 1. The number of hydrogen-bond acceptors (Lipinski definition) is 4. The highest BCUT2D eigenvalue weighted by molar-refractivity contribution is 6.00. The molecule has 0 aliphatic rings. The molecule has 0 saturated heterocycles. The average molecular weight is 358 g/mol. The molecule has 0 unspecified atom stereocenters. The van der Waals surface area contributed by atoms with Gasteiger partial charge in [-0.3, -0.25) is 4.79 Å². The number of benzene rings is 1. The molecule has 2 N–H and O–H groups in total. The van der Waals surface area contributed by atoms with Crippen molar-refractivity contribution in [2.24, 2.45) is 0 Å². The van der Waals surface area contributed by atoms with Crippen molar-refractivity contribution in [1.82, 2.24) is 10.3 Å². The second kappa shape index (κ2) is 8.56. The van der Waals surface area contributed by atoms with E-state index >= 15 is 0 Å². The van der Waals surface area contributed by atoms with Crippen LogP contribution in [0.15, 0.2) is 24.3 Å². The number of amides is 1. The van der Waals surface area contributed by atoms with E-state index in [-0.39, 0.29) is 12.0 Å². The predicted octanol–water partition coefficient (Wildman–Crippen LogP) is 3.39. The summed E-state index contributed by atoms with van der Waals surface area (Å²) in [7, 11) is 1.33. The molecule has 0 radical (unpaired) electrons. The predicted molar refractivity (Wildman–Crippen MR) is 99.6 cm³/mol. The van der Waals surface area contributed by atoms with E-state index < -0.39 is 5.97 Å². The number of aryl methyl sites for hydroxylation is 1. The van der Waals surface area contributed by atoms with Gasteiger partial charge in [-0.2, -0.15) is 0 Å². The minimum Gasteiger partial charge on any atom is -0.491 e. The fourth-order valence-electron chi connectivity index (χ4n) is 2.76. The highest BCUT2D eigenvalue weighted by Crippen LogP contribution is 2.20. The largest absolute Gasteiger partial charge is 0.491 e. The van der Waals surface area contributed by atoms with Gasteiger partial charge in [0.2, 0.25) is 0 Å². The number of H-pyrrole nitrogens is 1. The van der Waals surface area contributed by atoms with Crippen molar-refractivity contribution in [2.45, 2.75) is 46.8 Å². The normalized spacial score (nSPS) is 10.7.